The SMILES string of the molecule is CC1=C(Br)C2(CCC(Nc3cccc(Cl)c3)CC2)c2ccccc21. The van der Waals surface area contributed by atoms with Crippen LogP contribution in [0.5, 0.6) is 0 Å². The number of benzene rings is 2. The molecule has 1 spiro atoms. The van der Waals surface area contributed by atoms with Crippen LogP contribution in [0, 0.1) is 0 Å². The Balaban J connectivity index is 1.54. The molecule has 0 aromatic heterocycles. The van der Waals surface area contributed by atoms with E-state index in [1.165, 1.54) is 46.9 Å². The highest BCUT2D eigenvalue weighted by Gasteiger charge is 2.45. The van der Waals surface area contributed by atoms with Gasteiger partial charge >= 0.3 is 0 Å². The van der Waals surface area contributed by atoms with Gasteiger partial charge in [0.2, 0.25) is 0 Å². The minimum Gasteiger partial charge on any atom is -0.382 e. The van der Waals surface area contributed by atoms with Gasteiger partial charge in [-0.05, 0) is 67.5 Å². The van der Waals surface area contributed by atoms with Crippen molar-refractivity contribution in [3.8, 4) is 0 Å². The second-order valence-electron chi connectivity index (χ2n) is 7.00. The van der Waals surface area contributed by atoms with Crippen LogP contribution in [0.4, 0.5) is 5.69 Å². The molecule has 0 bridgehead atoms. The summed E-state index contributed by atoms with van der Waals surface area (Å²) in [5.74, 6) is 0. The minimum atomic E-state index is 0.188. The molecule has 1 fully saturated rings. The quantitative estimate of drug-likeness (QED) is 0.584. The molecule has 0 amide bonds. The molecule has 2 aromatic carbocycles. The summed E-state index contributed by atoms with van der Waals surface area (Å²) >= 11 is 10.0. The molecule has 1 nitrogen and oxygen atoms in total. The molecule has 0 unspecified atom stereocenters. The average Bonchev–Trinajstić information content (AvgIpc) is 2.80. The van der Waals surface area contributed by atoms with E-state index in [4.69, 9.17) is 11.6 Å². The lowest BCUT2D eigenvalue weighted by atomic mass is 9.69. The van der Waals surface area contributed by atoms with Crippen LogP contribution in [-0.2, 0) is 5.41 Å². The van der Waals surface area contributed by atoms with E-state index in [1.54, 1.807) is 0 Å². The van der Waals surface area contributed by atoms with Gasteiger partial charge in [0, 0.05) is 26.6 Å². The number of fused-ring (bicyclic) bond motifs is 2. The zero-order chi connectivity index (χ0) is 16.7. The van der Waals surface area contributed by atoms with Crippen LogP contribution in [-0.4, -0.2) is 6.04 Å². The Morgan fingerprint density at radius 2 is 1.83 bits per heavy atom. The van der Waals surface area contributed by atoms with Gasteiger partial charge in [0.15, 0.2) is 0 Å². The molecule has 24 heavy (non-hydrogen) atoms. The molecule has 124 valence electrons. The molecule has 0 atom stereocenters. The zero-order valence-corrected chi connectivity index (χ0v) is 16.1. The number of halogens is 2. The van der Waals surface area contributed by atoms with E-state index in [0.29, 0.717) is 6.04 Å². The van der Waals surface area contributed by atoms with Crippen LogP contribution < -0.4 is 5.32 Å². The summed E-state index contributed by atoms with van der Waals surface area (Å²) in [4.78, 5) is 0. The largest absolute Gasteiger partial charge is 0.382 e. The van der Waals surface area contributed by atoms with Crippen LogP contribution in [0.2, 0.25) is 5.02 Å². The van der Waals surface area contributed by atoms with E-state index in [9.17, 15) is 0 Å². The molecule has 1 N–H and O–H groups in total. The Labute approximate surface area is 157 Å². The van der Waals surface area contributed by atoms with Crippen molar-refractivity contribution in [2.75, 3.05) is 5.32 Å². The normalized spacial score (nSPS) is 25.9. The van der Waals surface area contributed by atoms with Crippen LogP contribution >= 0.6 is 27.5 Å². The van der Waals surface area contributed by atoms with Gasteiger partial charge in [-0.2, -0.15) is 0 Å². The Bertz CT molecular complexity index is 803. The molecule has 2 aliphatic carbocycles. The van der Waals surface area contributed by atoms with Crippen LogP contribution in [0.15, 0.2) is 53.0 Å². The number of anilines is 1. The predicted molar refractivity (Wildman–Crippen MR) is 107 cm³/mol. The maximum atomic E-state index is 6.10. The average molecular weight is 403 g/mol. The molecule has 0 heterocycles. The molecular weight excluding hydrogens is 382 g/mol. The molecular formula is C21H21BrClN. The fraction of sp³-hybridized carbons (Fsp3) is 0.333. The number of hydrogen-bond acceptors (Lipinski definition) is 1. The van der Waals surface area contributed by atoms with Gasteiger partial charge in [-0.25, -0.2) is 0 Å². The molecule has 1 saturated carbocycles. The summed E-state index contributed by atoms with van der Waals surface area (Å²) in [7, 11) is 0. The molecule has 0 radical (unpaired) electrons. The molecule has 2 aromatic rings. The predicted octanol–water partition coefficient (Wildman–Crippen LogP) is 6.77. The summed E-state index contributed by atoms with van der Waals surface area (Å²) in [5, 5.41) is 4.45. The summed E-state index contributed by atoms with van der Waals surface area (Å²) in [6, 6.07) is 17.5. The zero-order valence-electron chi connectivity index (χ0n) is 13.8. The fourth-order valence-corrected chi connectivity index (χ4v) is 5.39. The van der Waals surface area contributed by atoms with Gasteiger partial charge in [-0.3, -0.25) is 0 Å². The Morgan fingerprint density at radius 1 is 1.08 bits per heavy atom. The maximum absolute atomic E-state index is 6.10. The highest BCUT2D eigenvalue weighted by atomic mass is 79.9. The molecule has 2 aliphatic rings. The maximum Gasteiger partial charge on any atom is 0.0426 e. The third-order valence-electron chi connectivity index (χ3n) is 5.63. The van der Waals surface area contributed by atoms with E-state index >= 15 is 0 Å². The number of rotatable bonds is 2. The standard InChI is InChI=1S/C21H21BrClN/c1-14-18-7-2-3-8-19(18)21(20(14)22)11-9-16(10-12-21)24-17-6-4-5-15(23)13-17/h2-8,13,16,24H,9-12H2,1H3. The van der Waals surface area contributed by atoms with E-state index in [1.807, 2.05) is 18.2 Å². The fourth-order valence-electron chi connectivity index (χ4n) is 4.38. The van der Waals surface area contributed by atoms with Gasteiger partial charge in [-0.15, -0.1) is 0 Å². The molecule has 3 heteroatoms. The smallest absolute Gasteiger partial charge is 0.0426 e. The van der Waals surface area contributed by atoms with Gasteiger partial charge in [0.05, 0.1) is 0 Å². The van der Waals surface area contributed by atoms with Crippen molar-refractivity contribution in [1.29, 1.82) is 0 Å². The van der Waals surface area contributed by atoms with E-state index in [0.717, 1.165) is 10.7 Å². The molecule has 0 saturated heterocycles. The third-order valence-corrected chi connectivity index (χ3v) is 7.22. The summed E-state index contributed by atoms with van der Waals surface area (Å²) in [5.41, 5.74) is 5.65. The molecule has 0 aliphatic heterocycles. The van der Waals surface area contributed by atoms with Crippen molar-refractivity contribution in [1.82, 2.24) is 0 Å². The highest BCUT2D eigenvalue weighted by Crippen LogP contribution is 2.56. The van der Waals surface area contributed by atoms with E-state index in [-0.39, 0.29) is 5.41 Å². The van der Waals surface area contributed by atoms with E-state index in [2.05, 4.69) is 58.5 Å². The van der Waals surface area contributed by atoms with Crippen molar-refractivity contribution in [2.45, 2.75) is 44.1 Å². The Hall–Kier alpha value is -1.25. The first-order chi connectivity index (χ1) is 11.6. The summed E-state index contributed by atoms with van der Waals surface area (Å²) in [6.07, 6.45) is 4.70. The Morgan fingerprint density at radius 3 is 2.58 bits per heavy atom. The number of hydrogen-bond donors (Lipinski definition) is 1. The first-order valence-corrected chi connectivity index (χ1v) is 9.76. The number of allylic oxidation sites excluding steroid dienone is 2. The second-order valence-corrected chi connectivity index (χ2v) is 8.23. The highest BCUT2D eigenvalue weighted by molar-refractivity contribution is 9.12. The van der Waals surface area contributed by atoms with Crippen molar-refractivity contribution in [2.24, 2.45) is 0 Å². The minimum absolute atomic E-state index is 0.188. The van der Waals surface area contributed by atoms with Gasteiger partial charge < -0.3 is 5.32 Å². The lowest BCUT2D eigenvalue weighted by molar-refractivity contribution is 0.337. The number of nitrogens with one attached hydrogen (secondary N) is 1. The van der Waals surface area contributed by atoms with Gasteiger partial charge in [-0.1, -0.05) is 57.9 Å². The monoisotopic (exact) mass is 401 g/mol. The third kappa shape index (κ3) is 2.60. The topological polar surface area (TPSA) is 12.0 Å². The lowest BCUT2D eigenvalue weighted by Crippen LogP contribution is -2.35. The first kappa shape index (κ1) is 16.2. The molecule has 4 rings (SSSR count). The van der Waals surface area contributed by atoms with Crippen molar-refractivity contribution < 1.29 is 0 Å². The van der Waals surface area contributed by atoms with Crippen LogP contribution in [0.3, 0.4) is 0 Å². The summed E-state index contributed by atoms with van der Waals surface area (Å²) < 4.78 is 1.40. The van der Waals surface area contributed by atoms with E-state index < -0.39 is 0 Å². The lowest BCUT2D eigenvalue weighted by Gasteiger charge is -2.39. The van der Waals surface area contributed by atoms with Gasteiger partial charge in [0.1, 0.15) is 0 Å². The second kappa shape index (κ2) is 6.24. The summed E-state index contributed by atoms with van der Waals surface area (Å²) in [6.45, 7) is 2.24. The first-order valence-electron chi connectivity index (χ1n) is 8.59. The van der Waals surface area contributed by atoms with Crippen molar-refractivity contribution >= 4 is 38.8 Å². The van der Waals surface area contributed by atoms with Crippen LogP contribution in [0.1, 0.15) is 43.7 Å². The van der Waals surface area contributed by atoms with Crippen molar-refractivity contribution in [3.63, 3.8) is 0 Å². The van der Waals surface area contributed by atoms with Gasteiger partial charge in [0.25, 0.3) is 0 Å². The van der Waals surface area contributed by atoms with Crippen molar-refractivity contribution in [3.05, 3.63) is 69.2 Å². The Kier molecular flexibility index (Phi) is 4.22. The van der Waals surface area contributed by atoms with Crippen LogP contribution in [0.25, 0.3) is 5.57 Å².